The minimum absolute atomic E-state index is 0.0904. The molecule has 0 saturated heterocycles. The van der Waals surface area contributed by atoms with Crippen molar-refractivity contribution >= 4 is 5.91 Å². The van der Waals surface area contributed by atoms with E-state index in [2.05, 4.69) is 6.92 Å². The number of amides is 1. The summed E-state index contributed by atoms with van der Waals surface area (Å²) in [5.41, 5.74) is 2.03. The Balaban J connectivity index is 2.83. The average Bonchev–Trinajstić information content (AvgIpc) is 2.27. The molecule has 0 N–H and O–H groups in total. The molecule has 0 saturated carbocycles. The molecule has 1 aromatic rings. The summed E-state index contributed by atoms with van der Waals surface area (Å²) in [6, 6.07) is 8.08. The molecule has 1 rings (SSSR count). The molecule has 1 aromatic carbocycles. The van der Waals surface area contributed by atoms with Crippen LogP contribution in [0.4, 0.5) is 0 Å². The average molecular weight is 205 g/mol. The molecule has 15 heavy (non-hydrogen) atoms. The van der Waals surface area contributed by atoms with Crippen LogP contribution in [0.3, 0.4) is 0 Å². The normalized spacial score (nSPS) is 10.5. The highest BCUT2D eigenvalue weighted by atomic mass is 16.2. The number of carbonyl (C=O) groups excluding carboxylic acids is 1. The van der Waals surface area contributed by atoms with Gasteiger partial charge in [-0.15, -0.1) is 0 Å². The van der Waals surface area contributed by atoms with Crippen LogP contribution >= 0.6 is 0 Å². The predicted molar refractivity (Wildman–Crippen MR) is 63.0 cm³/mol. The van der Waals surface area contributed by atoms with E-state index in [0.29, 0.717) is 0 Å². The fourth-order valence-electron chi connectivity index (χ4n) is 1.32. The topological polar surface area (TPSA) is 20.3 Å². The van der Waals surface area contributed by atoms with Crippen LogP contribution in [-0.4, -0.2) is 23.9 Å². The lowest BCUT2D eigenvalue weighted by Gasteiger charge is -2.21. The molecule has 0 radical (unpaired) electrons. The van der Waals surface area contributed by atoms with Crippen molar-refractivity contribution in [2.75, 3.05) is 7.05 Å². The zero-order valence-electron chi connectivity index (χ0n) is 9.95. The van der Waals surface area contributed by atoms with Gasteiger partial charge in [0.05, 0.1) is 0 Å². The van der Waals surface area contributed by atoms with Gasteiger partial charge in [0.2, 0.25) is 0 Å². The van der Waals surface area contributed by atoms with E-state index in [1.54, 1.807) is 4.90 Å². The summed E-state index contributed by atoms with van der Waals surface area (Å²) >= 11 is 0. The van der Waals surface area contributed by atoms with Crippen LogP contribution in [0.2, 0.25) is 0 Å². The van der Waals surface area contributed by atoms with Crippen LogP contribution in [0, 0.1) is 0 Å². The number of nitrogens with zero attached hydrogens (tertiary/aromatic N) is 1. The fraction of sp³-hybridized carbons (Fsp3) is 0.462. The Kier molecular flexibility index (Phi) is 3.89. The number of hydrogen-bond acceptors (Lipinski definition) is 1. The van der Waals surface area contributed by atoms with Gasteiger partial charge in [-0.2, -0.15) is 0 Å². The Bertz CT molecular complexity index is 327. The third-order valence-corrected chi connectivity index (χ3v) is 2.70. The van der Waals surface area contributed by atoms with E-state index < -0.39 is 0 Å². The van der Waals surface area contributed by atoms with Gasteiger partial charge in [0.15, 0.2) is 0 Å². The van der Waals surface area contributed by atoms with Crippen molar-refractivity contribution in [3.63, 3.8) is 0 Å². The first-order valence-corrected chi connectivity index (χ1v) is 5.42. The minimum atomic E-state index is 0.0904. The van der Waals surface area contributed by atoms with Crippen LogP contribution in [-0.2, 0) is 6.42 Å². The zero-order chi connectivity index (χ0) is 11.4. The predicted octanol–water partition coefficient (Wildman–Crippen LogP) is 2.73. The maximum absolute atomic E-state index is 11.9. The van der Waals surface area contributed by atoms with Crippen LogP contribution < -0.4 is 0 Å². The summed E-state index contributed by atoms with van der Waals surface area (Å²) in [5.74, 6) is 0.0904. The molecule has 0 aliphatic rings. The van der Waals surface area contributed by atoms with Gasteiger partial charge in [-0.3, -0.25) is 4.79 Å². The Labute approximate surface area is 91.9 Å². The summed E-state index contributed by atoms with van der Waals surface area (Å²) in [6.07, 6.45) is 1.01. The number of aryl methyl sites for hydroxylation is 1. The van der Waals surface area contributed by atoms with Gasteiger partial charge in [0.1, 0.15) is 0 Å². The summed E-state index contributed by atoms with van der Waals surface area (Å²) in [7, 11) is 1.83. The van der Waals surface area contributed by atoms with E-state index in [9.17, 15) is 4.79 Å². The van der Waals surface area contributed by atoms with E-state index in [1.165, 1.54) is 5.56 Å². The van der Waals surface area contributed by atoms with Gasteiger partial charge in [0, 0.05) is 18.7 Å². The molecule has 0 heterocycles. The largest absolute Gasteiger partial charge is 0.339 e. The van der Waals surface area contributed by atoms with Crippen molar-refractivity contribution in [2.45, 2.75) is 33.2 Å². The fourth-order valence-corrected chi connectivity index (χ4v) is 1.32. The number of hydrogen-bond donors (Lipinski definition) is 0. The molecule has 0 atom stereocenters. The molecule has 0 unspecified atom stereocenters. The molecule has 1 amide bonds. The SMILES string of the molecule is CCc1ccc(C(=O)N(C)C(C)C)cc1. The van der Waals surface area contributed by atoms with E-state index in [1.807, 2.05) is 45.2 Å². The van der Waals surface area contributed by atoms with Gasteiger partial charge in [-0.25, -0.2) is 0 Å². The molecule has 0 aliphatic heterocycles. The number of benzene rings is 1. The van der Waals surface area contributed by atoms with Gasteiger partial charge in [-0.05, 0) is 38.0 Å². The standard InChI is InChI=1S/C13H19NO/c1-5-11-6-8-12(9-7-11)13(15)14(4)10(2)3/h6-10H,5H2,1-4H3. The zero-order valence-corrected chi connectivity index (χ0v) is 9.95. The van der Waals surface area contributed by atoms with E-state index in [4.69, 9.17) is 0 Å². The van der Waals surface area contributed by atoms with Crippen molar-refractivity contribution in [2.24, 2.45) is 0 Å². The van der Waals surface area contributed by atoms with Crippen molar-refractivity contribution in [1.82, 2.24) is 4.90 Å². The molecule has 0 aromatic heterocycles. The Hall–Kier alpha value is -1.31. The van der Waals surface area contributed by atoms with E-state index in [0.717, 1.165) is 12.0 Å². The van der Waals surface area contributed by atoms with Crippen LogP contribution in [0.25, 0.3) is 0 Å². The third kappa shape index (κ3) is 2.82. The molecular formula is C13H19NO. The van der Waals surface area contributed by atoms with Crippen LogP contribution in [0.1, 0.15) is 36.7 Å². The van der Waals surface area contributed by atoms with Crippen LogP contribution in [0.15, 0.2) is 24.3 Å². The number of rotatable bonds is 3. The number of carbonyl (C=O) groups is 1. The second-order valence-corrected chi connectivity index (χ2v) is 4.06. The molecule has 2 nitrogen and oxygen atoms in total. The highest BCUT2D eigenvalue weighted by Crippen LogP contribution is 2.09. The second-order valence-electron chi connectivity index (χ2n) is 4.06. The molecular weight excluding hydrogens is 186 g/mol. The summed E-state index contributed by atoms with van der Waals surface area (Å²) < 4.78 is 0. The second kappa shape index (κ2) is 4.96. The Morgan fingerprint density at radius 3 is 2.20 bits per heavy atom. The summed E-state index contributed by atoms with van der Waals surface area (Å²) in [4.78, 5) is 13.7. The van der Waals surface area contributed by atoms with Crippen molar-refractivity contribution < 1.29 is 4.79 Å². The molecule has 2 heteroatoms. The van der Waals surface area contributed by atoms with E-state index >= 15 is 0 Å². The monoisotopic (exact) mass is 205 g/mol. The first-order chi connectivity index (χ1) is 7.06. The maximum atomic E-state index is 11.9. The quantitative estimate of drug-likeness (QED) is 0.743. The van der Waals surface area contributed by atoms with Crippen molar-refractivity contribution in [3.8, 4) is 0 Å². The van der Waals surface area contributed by atoms with Crippen LogP contribution in [0.5, 0.6) is 0 Å². The first kappa shape index (κ1) is 11.8. The van der Waals surface area contributed by atoms with Gasteiger partial charge < -0.3 is 4.90 Å². The lowest BCUT2D eigenvalue weighted by atomic mass is 10.1. The third-order valence-electron chi connectivity index (χ3n) is 2.70. The molecule has 0 bridgehead atoms. The molecule has 0 spiro atoms. The molecule has 0 aliphatic carbocycles. The van der Waals surface area contributed by atoms with Gasteiger partial charge in [-0.1, -0.05) is 19.1 Å². The van der Waals surface area contributed by atoms with Crippen molar-refractivity contribution in [3.05, 3.63) is 35.4 Å². The molecule has 82 valence electrons. The van der Waals surface area contributed by atoms with Gasteiger partial charge >= 0.3 is 0 Å². The van der Waals surface area contributed by atoms with E-state index in [-0.39, 0.29) is 11.9 Å². The Morgan fingerprint density at radius 1 is 1.27 bits per heavy atom. The summed E-state index contributed by atoms with van der Waals surface area (Å²) in [6.45, 7) is 6.13. The Morgan fingerprint density at radius 2 is 1.80 bits per heavy atom. The summed E-state index contributed by atoms with van der Waals surface area (Å²) in [5, 5.41) is 0. The maximum Gasteiger partial charge on any atom is 0.253 e. The molecule has 0 fully saturated rings. The lowest BCUT2D eigenvalue weighted by molar-refractivity contribution is 0.0755. The smallest absolute Gasteiger partial charge is 0.253 e. The van der Waals surface area contributed by atoms with Gasteiger partial charge in [0.25, 0.3) is 5.91 Å². The lowest BCUT2D eigenvalue weighted by Crippen LogP contribution is -2.32. The first-order valence-electron chi connectivity index (χ1n) is 5.42. The highest BCUT2D eigenvalue weighted by molar-refractivity contribution is 5.94. The van der Waals surface area contributed by atoms with Crippen molar-refractivity contribution in [1.29, 1.82) is 0 Å². The minimum Gasteiger partial charge on any atom is -0.339 e. The highest BCUT2D eigenvalue weighted by Gasteiger charge is 2.13.